The average molecular weight is 325 g/mol. The Bertz CT molecular complexity index is 654. The predicted octanol–water partition coefficient (Wildman–Crippen LogP) is 3.49. The van der Waals surface area contributed by atoms with E-state index in [1.165, 1.54) is 0 Å². The maximum atomic E-state index is 12.3. The van der Waals surface area contributed by atoms with Crippen molar-refractivity contribution in [1.29, 1.82) is 0 Å². The third kappa shape index (κ3) is 3.85. The van der Waals surface area contributed by atoms with Crippen molar-refractivity contribution < 1.29 is 4.79 Å². The number of rotatable bonds is 4. The number of carbonyl (C=O) groups excluding carboxylic acids is 1. The maximum Gasteiger partial charge on any atom is 0.255 e. The van der Waals surface area contributed by atoms with E-state index in [0.29, 0.717) is 33.5 Å². The number of nitrogens with one attached hydrogen (secondary N) is 2. The normalized spacial score (nSPS) is 10.3. The number of amides is 1. The Hall–Kier alpha value is -1.82. The second kappa shape index (κ2) is 6.76. The number of hydrogen-bond acceptors (Lipinski definition) is 4. The molecule has 110 valence electrons. The van der Waals surface area contributed by atoms with Crippen molar-refractivity contribution in [3.63, 3.8) is 0 Å². The predicted molar refractivity (Wildman–Crippen MR) is 85.8 cm³/mol. The summed E-state index contributed by atoms with van der Waals surface area (Å²) in [6.45, 7) is 1.94. The van der Waals surface area contributed by atoms with Gasteiger partial charge in [-0.05, 0) is 36.8 Å². The van der Waals surface area contributed by atoms with E-state index in [1.807, 2.05) is 6.92 Å². The van der Waals surface area contributed by atoms with E-state index in [4.69, 9.17) is 29.0 Å². The van der Waals surface area contributed by atoms with Crippen LogP contribution in [0.2, 0.25) is 10.0 Å². The Morgan fingerprint density at radius 3 is 2.71 bits per heavy atom. The summed E-state index contributed by atoms with van der Waals surface area (Å²) in [4.78, 5) is 16.5. The zero-order valence-corrected chi connectivity index (χ0v) is 12.8. The van der Waals surface area contributed by atoms with Gasteiger partial charge in [-0.1, -0.05) is 30.1 Å². The molecule has 0 saturated heterocycles. The molecule has 0 radical (unpaired) electrons. The number of nitrogen functional groups attached to an aromatic ring is 1. The topological polar surface area (TPSA) is 80.0 Å². The molecule has 1 heterocycles. The van der Waals surface area contributed by atoms with Gasteiger partial charge in [-0.15, -0.1) is 0 Å². The minimum absolute atomic E-state index is 0.312. The van der Waals surface area contributed by atoms with Gasteiger partial charge in [-0.3, -0.25) is 4.79 Å². The highest BCUT2D eigenvalue weighted by Crippen LogP contribution is 2.26. The lowest BCUT2D eigenvalue weighted by Crippen LogP contribution is -2.15. The van der Waals surface area contributed by atoms with Gasteiger partial charge in [0.1, 0.15) is 5.82 Å². The average Bonchev–Trinajstić information content (AvgIpc) is 2.50. The highest BCUT2D eigenvalue weighted by molar-refractivity contribution is 6.35. The van der Waals surface area contributed by atoms with Gasteiger partial charge in [-0.25, -0.2) is 10.8 Å². The molecule has 0 aliphatic heterocycles. The molecule has 7 heteroatoms. The Morgan fingerprint density at radius 1 is 1.29 bits per heavy atom. The molecular weight excluding hydrogens is 311 g/mol. The van der Waals surface area contributed by atoms with E-state index in [0.717, 1.165) is 5.69 Å². The van der Waals surface area contributed by atoms with Crippen molar-refractivity contribution in [2.45, 2.75) is 13.3 Å². The van der Waals surface area contributed by atoms with Crippen LogP contribution in [0, 0.1) is 0 Å². The molecule has 0 saturated carbocycles. The molecule has 1 amide bonds. The molecule has 2 rings (SSSR count). The summed E-state index contributed by atoms with van der Waals surface area (Å²) >= 11 is 11.9. The van der Waals surface area contributed by atoms with Gasteiger partial charge in [0.25, 0.3) is 5.91 Å². The minimum atomic E-state index is -0.312. The molecule has 0 unspecified atom stereocenters. The number of halogens is 2. The van der Waals surface area contributed by atoms with Crippen LogP contribution in [-0.4, -0.2) is 10.9 Å². The zero-order valence-electron chi connectivity index (χ0n) is 11.3. The van der Waals surface area contributed by atoms with E-state index < -0.39 is 0 Å². The first-order valence-electron chi connectivity index (χ1n) is 6.27. The summed E-state index contributed by atoms with van der Waals surface area (Å²) in [5.74, 6) is 5.47. The van der Waals surface area contributed by atoms with Crippen molar-refractivity contribution in [2.24, 2.45) is 5.84 Å². The lowest BCUT2D eigenvalue weighted by atomic mass is 10.1. The number of nitrogens with zero attached hydrogens (tertiary/aromatic N) is 1. The summed E-state index contributed by atoms with van der Waals surface area (Å²) in [5.41, 5.74) is 4.09. The first kappa shape index (κ1) is 15.6. The van der Waals surface area contributed by atoms with Crippen molar-refractivity contribution in [3.05, 3.63) is 51.6 Å². The van der Waals surface area contributed by atoms with Gasteiger partial charge in [0.2, 0.25) is 0 Å². The largest absolute Gasteiger partial charge is 0.321 e. The number of aromatic nitrogens is 1. The fourth-order valence-electron chi connectivity index (χ4n) is 1.76. The van der Waals surface area contributed by atoms with Crippen molar-refractivity contribution in [3.8, 4) is 0 Å². The SMILES string of the molecule is CCc1cc(C(=O)Nc2cc(Cl)ccc2Cl)cc(NN)n1. The number of hydrogen-bond donors (Lipinski definition) is 3. The Balaban J connectivity index is 2.29. The van der Waals surface area contributed by atoms with Gasteiger partial charge in [0, 0.05) is 16.3 Å². The quantitative estimate of drug-likeness (QED) is 0.594. The molecule has 1 aromatic heterocycles. The first-order valence-corrected chi connectivity index (χ1v) is 7.03. The van der Waals surface area contributed by atoms with Gasteiger partial charge >= 0.3 is 0 Å². The van der Waals surface area contributed by atoms with Crippen LogP contribution >= 0.6 is 23.2 Å². The van der Waals surface area contributed by atoms with Crippen molar-refractivity contribution in [1.82, 2.24) is 4.98 Å². The smallest absolute Gasteiger partial charge is 0.255 e. The zero-order chi connectivity index (χ0) is 15.4. The van der Waals surface area contributed by atoms with Crippen LogP contribution in [0.15, 0.2) is 30.3 Å². The fraction of sp³-hybridized carbons (Fsp3) is 0.143. The molecular formula is C14H14Cl2N4O. The Morgan fingerprint density at radius 2 is 2.05 bits per heavy atom. The molecule has 2 aromatic rings. The lowest BCUT2D eigenvalue weighted by molar-refractivity contribution is 0.102. The van der Waals surface area contributed by atoms with Crippen LogP contribution in [0.5, 0.6) is 0 Å². The summed E-state index contributed by atoms with van der Waals surface area (Å²) in [5, 5.41) is 3.62. The van der Waals surface area contributed by atoms with Crippen molar-refractivity contribution in [2.75, 3.05) is 10.7 Å². The van der Waals surface area contributed by atoms with E-state index in [9.17, 15) is 4.79 Å². The van der Waals surface area contributed by atoms with Crippen LogP contribution in [-0.2, 0) is 6.42 Å². The molecule has 0 spiro atoms. The van der Waals surface area contributed by atoms with Gasteiger partial charge in [-0.2, -0.15) is 0 Å². The number of pyridine rings is 1. The molecule has 0 aliphatic rings. The van der Waals surface area contributed by atoms with Gasteiger partial charge in [0.15, 0.2) is 0 Å². The lowest BCUT2D eigenvalue weighted by Gasteiger charge is -2.10. The third-order valence-corrected chi connectivity index (χ3v) is 3.39. The molecule has 0 atom stereocenters. The summed E-state index contributed by atoms with van der Waals surface area (Å²) in [6.07, 6.45) is 0.688. The number of nitrogens with two attached hydrogens (primary N) is 1. The standard InChI is InChI=1S/C14H14Cl2N4O/c1-2-10-5-8(6-13(18-10)20-17)14(21)19-12-7-9(15)3-4-11(12)16/h3-7H,2,17H2,1H3,(H,18,20)(H,19,21). The molecule has 21 heavy (non-hydrogen) atoms. The molecule has 5 nitrogen and oxygen atoms in total. The Kier molecular flexibility index (Phi) is 5.01. The molecule has 4 N–H and O–H groups in total. The number of anilines is 2. The van der Waals surface area contributed by atoms with E-state index in [1.54, 1.807) is 30.3 Å². The number of carbonyl (C=O) groups is 1. The van der Waals surface area contributed by atoms with Gasteiger partial charge in [0.05, 0.1) is 10.7 Å². The van der Waals surface area contributed by atoms with Crippen LogP contribution in [0.1, 0.15) is 23.0 Å². The van der Waals surface area contributed by atoms with E-state index in [2.05, 4.69) is 15.7 Å². The second-order valence-electron chi connectivity index (χ2n) is 4.31. The number of benzene rings is 1. The third-order valence-electron chi connectivity index (χ3n) is 2.83. The molecule has 1 aromatic carbocycles. The molecule has 0 aliphatic carbocycles. The minimum Gasteiger partial charge on any atom is -0.321 e. The second-order valence-corrected chi connectivity index (χ2v) is 5.15. The summed E-state index contributed by atoms with van der Waals surface area (Å²) < 4.78 is 0. The van der Waals surface area contributed by atoms with E-state index in [-0.39, 0.29) is 5.91 Å². The van der Waals surface area contributed by atoms with Gasteiger partial charge < -0.3 is 10.7 Å². The molecule has 0 fully saturated rings. The maximum absolute atomic E-state index is 12.3. The monoisotopic (exact) mass is 324 g/mol. The number of hydrazine groups is 1. The van der Waals surface area contributed by atoms with E-state index >= 15 is 0 Å². The fourth-order valence-corrected chi connectivity index (χ4v) is 2.10. The van der Waals surface area contributed by atoms with Crippen LogP contribution in [0.25, 0.3) is 0 Å². The van der Waals surface area contributed by atoms with Crippen LogP contribution in [0.4, 0.5) is 11.5 Å². The Labute approximate surface area is 132 Å². The summed E-state index contributed by atoms with van der Waals surface area (Å²) in [6, 6.07) is 8.13. The highest BCUT2D eigenvalue weighted by atomic mass is 35.5. The molecule has 0 bridgehead atoms. The highest BCUT2D eigenvalue weighted by Gasteiger charge is 2.11. The van der Waals surface area contributed by atoms with Crippen LogP contribution < -0.4 is 16.6 Å². The van der Waals surface area contributed by atoms with Crippen LogP contribution in [0.3, 0.4) is 0 Å². The van der Waals surface area contributed by atoms with Crippen molar-refractivity contribution >= 4 is 40.6 Å². The first-order chi connectivity index (χ1) is 10.0. The number of aryl methyl sites for hydroxylation is 1. The summed E-state index contributed by atoms with van der Waals surface area (Å²) in [7, 11) is 0.